The van der Waals surface area contributed by atoms with Crippen LogP contribution in [0.5, 0.6) is 0 Å². The van der Waals surface area contributed by atoms with Crippen LogP contribution in [-0.2, 0) is 28.6 Å². The average molecular weight is 821 g/mol. The summed E-state index contributed by atoms with van der Waals surface area (Å²) in [5, 5.41) is 0. The first-order valence-corrected chi connectivity index (χ1v) is 25.7. The van der Waals surface area contributed by atoms with Crippen molar-refractivity contribution in [3.63, 3.8) is 0 Å². The van der Waals surface area contributed by atoms with Gasteiger partial charge < -0.3 is 14.2 Å². The van der Waals surface area contributed by atoms with Crippen molar-refractivity contribution in [2.45, 2.75) is 291 Å². The lowest BCUT2D eigenvalue weighted by Gasteiger charge is -2.18. The molecule has 6 nitrogen and oxygen atoms in total. The molecule has 0 spiro atoms. The van der Waals surface area contributed by atoms with Crippen LogP contribution in [0.2, 0.25) is 0 Å². The molecule has 0 aliphatic rings. The summed E-state index contributed by atoms with van der Waals surface area (Å²) in [4.78, 5) is 37.9. The van der Waals surface area contributed by atoms with Gasteiger partial charge in [-0.05, 0) is 31.1 Å². The maximum absolute atomic E-state index is 12.8. The third kappa shape index (κ3) is 45.5. The third-order valence-electron chi connectivity index (χ3n) is 11.7. The summed E-state index contributed by atoms with van der Waals surface area (Å²) in [5.41, 5.74) is 0. The lowest BCUT2D eigenvalue weighted by atomic mass is 10.0. The van der Waals surface area contributed by atoms with E-state index in [4.69, 9.17) is 14.2 Å². The summed E-state index contributed by atoms with van der Waals surface area (Å²) >= 11 is 0. The van der Waals surface area contributed by atoms with Gasteiger partial charge >= 0.3 is 17.9 Å². The van der Waals surface area contributed by atoms with Gasteiger partial charge in [-0.1, -0.05) is 247 Å². The Morgan fingerprint density at radius 1 is 0.328 bits per heavy atom. The molecule has 0 radical (unpaired) electrons. The second-order valence-electron chi connectivity index (χ2n) is 18.8. The number of rotatable bonds is 46. The van der Waals surface area contributed by atoms with Crippen molar-refractivity contribution < 1.29 is 28.6 Å². The minimum absolute atomic E-state index is 0.0638. The number of hydrogen-bond donors (Lipinski definition) is 0. The molecule has 0 aromatic rings. The van der Waals surface area contributed by atoms with Gasteiger partial charge in [0.25, 0.3) is 0 Å². The van der Waals surface area contributed by atoms with Crippen molar-refractivity contribution in [3.05, 3.63) is 0 Å². The van der Waals surface area contributed by atoms with Crippen LogP contribution in [-0.4, -0.2) is 37.2 Å². The Hall–Kier alpha value is -1.59. The molecule has 0 saturated heterocycles. The highest BCUT2D eigenvalue weighted by molar-refractivity contribution is 5.71. The van der Waals surface area contributed by atoms with Crippen molar-refractivity contribution >= 4 is 17.9 Å². The van der Waals surface area contributed by atoms with E-state index in [2.05, 4.69) is 34.6 Å². The Morgan fingerprint density at radius 2 is 0.569 bits per heavy atom. The minimum Gasteiger partial charge on any atom is -0.462 e. The summed E-state index contributed by atoms with van der Waals surface area (Å²) in [6.45, 7) is 11.4. The normalized spacial score (nSPS) is 12.1. The van der Waals surface area contributed by atoms with Crippen LogP contribution in [0.3, 0.4) is 0 Å². The van der Waals surface area contributed by atoms with Gasteiger partial charge in [-0.3, -0.25) is 14.4 Å². The molecule has 0 N–H and O–H groups in total. The van der Waals surface area contributed by atoms with E-state index < -0.39 is 6.10 Å². The fourth-order valence-corrected chi connectivity index (χ4v) is 7.81. The van der Waals surface area contributed by atoms with Gasteiger partial charge in [-0.25, -0.2) is 0 Å². The highest BCUT2D eigenvalue weighted by atomic mass is 16.6. The molecule has 0 unspecified atom stereocenters. The Balaban J connectivity index is 4.32. The van der Waals surface area contributed by atoms with Gasteiger partial charge in [0.05, 0.1) is 0 Å². The lowest BCUT2D eigenvalue weighted by Crippen LogP contribution is -2.30. The van der Waals surface area contributed by atoms with Gasteiger partial charge in [0.1, 0.15) is 13.2 Å². The van der Waals surface area contributed by atoms with Crippen molar-refractivity contribution in [2.75, 3.05) is 13.2 Å². The molecule has 0 saturated carbocycles. The van der Waals surface area contributed by atoms with Crippen LogP contribution in [0, 0.1) is 11.8 Å². The molecule has 58 heavy (non-hydrogen) atoms. The first-order valence-electron chi connectivity index (χ1n) is 25.7. The second kappa shape index (κ2) is 44.9. The number of carbonyl (C=O) groups excluding carboxylic acids is 3. The van der Waals surface area contributed by atoms with Crippen molar-refractivity contribution in [2.24, 2.45) is 11.8 Å². The molecule has 0 aliphatic heterocycles. The smallest absolute Gasteiger partial charge is 0.306 e. The molecule has 0 aliphatic carbocycles. The predicted molar refractivity (Wildman–Crippen MR) is 247 cm³/mol. The molecule has 344 valence electrons. The first kappa shape index (κ1) is 56.4. The van der Waals surface area contributed by atoms with Gasteiger partial charge in [0.2, 0.25) is 0 Å². The lowest BCUT2D eigenvalue weighted by molar-refractivity contribution is -0.167. The van der Waals surface area contributed by atoms with Crippen LogP contribution >= 0.6 is 0 Å². The van der Waals surface area contributed by atoms with E-state index >= 15 is 0 Å². The summed E-state index contributed by atoms with van der Waals surface area (Å²) in [6, 6.07) is 0. The van der Waals surface area contributed by atoms with E-state index in [1.165, 1.54) is 173 Å². The molecule has 0 rings (SSSR count). The van der Waals surface area contributed by atoms with Crippen molar-refractivity contribution in [3.8, 4) is 0 Å². The second-order valence-corrected chi connectivity index (χ2v) is 18.8. The molecule has 0 fully saturated rings. The Morgan fingerprint density at radius 3 is 0.845 bits per heavy atom. The largest absolute Gasteiger partial charge is 0.462 e. The zero-order valence-corrected chi connectivity index (χ0v) is 39.7. The van der Waals surface area contributed by atoms with Gasteiger partial charge in [0.15, 0.2) is 6.10 Å². The van der Waals surface area contributed by atoms with E-state index in [1.807, 2.05) is 0 Å². The summed E-state index contributed by atoms with van der Waals surface area (Å²) in [7, 11) is 0. The highest BCUT2D eigenvalue weighted by Crippen LogP contribution is 2.17. The maximum atomic E-state index is 12.8. The minimum atomic E-state index is -0.761. The van der Waals surface area contributed by atoms with Gasteiger partial charge in [-0.15, -0.1) is 0 Å². The SMILES string of the molecule is CCCCCCCCCCCCCCCC(=O)OC[C@@H](COC(=O)CCCCCCCCCCCC(C)C)OC(=O)CCCCCCCCCCCCCCC(C)C. The number of hydrogen-bond acceptors (Lipinski definition) is 6. The van der Waals surface area contributed by atoms with Crippen LogP contribution in [0.25, 0.3) is 0 Å². The molecular formula is C52H100O6. The number of ether oxygens (including phenoxy) is 3. The van der Waals surface area contributed by atoms with Crippen LogP contribution < -0.4 is 0 Å². The first-order chi connectivity index (χ1) is 28.2. The summed E-state index contributed by atoms with van der Waals surface area (Å²) in [5.74, 6) is 0.792. The molecule has 0 heterocycles. The van der Waals surface area contributed by atoms with Crippen LogP contribution in [0.4, 0.5) is 0 Å². The van der Waals surface area contributed by atoms with E-state index in [9.17, 15) is 14.4 Å². The zero-order valence-electron chi connectivity index (χ0n) is 39.7. The van der Waals surface area contributed by atoms with E-state index in [-0.39, 0.29) is 31.1 Å². The molecule has 1 atom stereocenters. The molecule has 0 amide bonds. The summed E-state index contributed by atoms with van der Waals surface area (Å²) < 4.78 is 16.8. The van der Waals surface area contributed by atoms with E-state index in [0.29, 0.717) is 19.3 Å². The fraction of sp³-hybridized carbons (Fsp3) is 0.942. The van der Waals surface area contributed by atoms with Crippen LogP contribution in [0.1, 0.15) is 285 Å². The molecule has 0 bridgehead atoms. The number of unbranched alkanes of at least 4 members (excludes halogenated alkanes) is 31. The number of carbonyl (C=O) groups is 3. The quantitative estimate of drug-likeness (QED) is 0.0346. The zero-order chi connectivity index (χ0) is 42.6. The molecule has 0 aromatic carbocycles. The summed E-state index contributed by atoms with van der Waals surface area (Å²) in [6.07, 6.45) is 45.1. The van der Waals surface area contributed by atoms with E-state index in [0.717, 1.165) is 69.6 Å². The Bertz CT molecular complexity index is 885. The van der Waals surface area contributed by atoms with E-state index in [1.54, 1.807) is 0 Å². The fourth-order valence-electron chi connectivity index (χ4n) is 7.81. The molecular weight excluding hydrogens is 721 g/mol. The van der Waals surface area contributed by atoms with Crippen molar-refractivity contribution in [1.29, 1.82) is 0 Å². The van der Waals surface area contributed by atoms with Crippen molar-refractivity contribution in [1.82, 2.24) is 0 Å². The monoisotopic (exact) mass is 821 g/mol. The Kier molecular flexibility index (Phi) is 43.7. The average Bonchev–Trinajstić information content (AvgIpc) is 3.19. The molecule has 6 heteroatoms. The molecule has 0 aromatic heterocycles. The number of esters is 3. The van der Waals surface area contributed by atoms with Gasteiger partial charge in [-0.2, -0.15) is 0 Å². The third-order valence-corrected chi connectivity index (χ3v) is 11.7. The Labute approximate surface area is 361 Å². The van der Waals surface area contributed by atoms with Crippen LogP contribution in [0.15, 0.2) is 0 Å². The standard InChI is InChI=1S/C52H100O6/c1-6-7-8-9-10-11-12-13-17-22-27-32-37-42-50(53)56-45-49(46-57-51(54)43-38-33-28-24-19-21-26-31-36-41-48(4)5)58-52(55)44-39-34-29-23-18-15-14-16-20-25-30-35-40-47(2)3/h47-49H,6-46H2,1-5H3/t49-/m0/s1. The van der Waals surface area contributed by atoms with Gasteiger partial charge in [0, 0.05) is 19.3 Å². The highest BCUT2D eigenvalue weighted by Gasteiger charge is 2.19. The maximum Gasteiger partial charge on any atom is 0.306 e. The predicted octanol–water partition coefficient (Wildman–Crippen LogP) is 16.5. The topological polar surface area (TPSA) is 78.9 Å².